The number of carboxylic acids is 1. The first-order valence-electron chi connectivity index (χ1n) is 2.23. The van der Waals surface area contributed by atoms with Crippen molar-refractivity contribution in [1.82, 2.24) is 5.43 Å². The Kier molecular flexibility index (Phi) is 2.74. The maximum absolute atomic E-state index is 10.1. The smallest absolute Gasteiger partial charge is 0.350 e. The lowest BCUT2D eigenvalue weighted by atomic mass is 10.3. The molecule has 54 valence electrons. The van der Waals surface area contributed by atoms with Crippen LogP contribution >= 0.6 is 0 Å². The van der Waals surface area contributed by atoms with E-state index in [0.29, 0.717) is 0 Å². The van der Waals surface area contributed by atoms with Crippen molar-refractivity contribution < 1.29 is 9.90 Å². The number of carbonyl (C=O) groups is 1. The van der Waals surface area contributed by atoms with Crippen LogP contribution in [0.15, 0.2) is 11.4 Å². The first-order chi connectivity index (χ1) is 4.63. The molecule has 0 heterocycles. The molecule has 0 atom stereocenters. The van der Waals surface area contributed by atoms with E-state index in [1.165, 1.54) is 6.07 Å². The average Bonchev–Trinajstić information content (AvgIpc) is 1.88. The van der Waals surface area contributed by atoms with Gasteiger partial charge in [0.15, 0.2) is 5.57 Å². The number of hydrazine groups is 1. The number of hydrogen-bond donors (Lipinski definition) is 4. The molecule has 10 heavy (non-hydrogen) atoms. The maximum atomic E-state index is 10.1. The SMILES string of the molecule is N#C/C(C(=O)O)=C(\N)NN. The van der Waals surface area contributed by atoms with Gasteiger partial charge in [-0.05, 0) is 0 Å². The van der Waals surface area contributed by atoms with E-state index in [4.69, 9.17) is 21.9 Å². The van der Waals surface area contributed by atoms with Gasteiger partial charge in [0.05, 0.1) is 0 Å². The normalized spacial score (nSPS) is 11.2. The molecule has 0 aliphatic carbocycles. The van der Waals surface area contributed by atoms with Crippen LogP contribution in [0.1, 0.15) is 0 Å². The number of nitriles is 1. The molecule has 0 rings (SSSR count). The van der Waals surface area contributed by atoms with Crippen molar-refractivity contribution in [2.75, 3.05) is 0 Å². The van der Waals surface area contributed by atoms with Gasteiger partial charge in [-0.1, -0.05) is 0 Å². The zero-order valence-electron chi connectivity index (χ0n) is 4.96. The van der Waals surface area contributed by atoms with Gasteiger partial charge in [-0.3, -0.25) is 0 Å². The number of hydrogen-bond acceptors (Lipinski definition) is 5. The predicted octanol–water partition coefficient (Wildman–Crippen LogP) is -1.77. The zero-order chi connectivity index (χ0) is 8.15. The van der Waals surface area contributed by atoms with Crippen molar-refractivity contribution in [3.63, 3.8) is 0 Å². The summed E-state index contributed by atoms with van der Waals surface area (Å²) in [4.78, 5) is 10.1. The lowest BCUT2D eigenvalue weighted by Gasteiger charge is -1.97. The van der Waals surface area contributed by atoms with Crippen LogP contribution < -0.4 is 17.0 Å². The van der Waals surface area contributed by atoms with Crippen LogP contribution in [0.3, 0.4) is 0 Å². The number of aliphatic carboxylic acids is 1. The molecule has 0 aromatic carbocycles. The number of rotatable bonds is 2. The minimum Gasteiger partial charge on any atom is -0.477 e. The van der Waals surface area contributed by atoms with Gasteiger partial charge in [-0.15, -0.1) is 0 Å². The molecule has 6 N–H and O–H groups in total. The lowest BCUT2D eigenvalue weighted by molar-refractivity contribution is -0.132. The summed E-state index contributed by atoms with van der Waals surface area (Å²) < 4.78 is 0. The van der Waals surface area contributed by atoms with E-state index in [1.807, 2.05) is 5.43 Å². The highest BCUT2D eigenvalue weighted by atomic mass is 16.4. The van der Waals surface area contributed by atoms with Crippen molar-refractivity contribution in [2.45, 2.75) is 0 Å². The Morgan fingerprint density at radius 3 is 2.30 bits per heavy atom. The van der Waals surface area contributed by atoms with Gasteiger partial charge in [-0.25, -0.2) is 10.6 Å². The largest absolute Gasteiger partial charge is 0.477 e. The van der Waals surface area contributed by atoms with Crippen LogP contribution in [0.5, 0.6) is 0 Å². The minimum atomic E-state index is -1.40. The highest BCUT2D eigenvalue weighted by Gasteiger charge is 2.09. The number of nitrogens with two attached hydrogens (primary N) is 2. The van der Waals surface area contributed by atoms with Crippen molar-refractivity contribution in [2.24, 2.45) is 11.6 Å². The molecule has 0 aliphatic rings. The Morgan fingerprint density at radius 2 is 2.20 bits per heavy atom. The van der Waals surface area contributed by atoms with Crippen molar-refractivity contribution in [1.29, 1.82) is 5.26 Å². The van der Waals surface area contributed by atoms with Gasteiger partial charge in [0.2, 0.25) is 0 Å². The summed E-state index contributed by atoms with van der Waals surface area (Å²) in [5.74, 6) is 2.98. The molecule has 0 saturated heterocycles. The van der Waals surface area contributed by atoms with Gasteiger partial charge >= 0.3 is 5.97 Å². The van der Waals surface area contributed by atoms with E-state index < -0.39 is 11.5 Å². The fourth-order valence-electron chi connectivity index (χ4n) is 0.295. The molecule has 0 aliphatic heterocycles. The Balaban J connectivity index is 4.68. The molecule has 0 amide bonds. The van der Waals surface area contributed by atoms with Crippen LogP contribution in [0, 0.1) is 11.3 Å². The molecule has 0 aromatic heterocycles. The van der Waals surface area contributed by atoms with Gasteiger partial charge in [0.25, 0.3) is 0 Å². The number of nitrogens with zero attached hydrogens (tertiary/aromatic N) is 1. The predicted molar refractivity (Wildman–Crippen MR) is 31.8 cm³/mol. The molecule has 0 spiro atoms. The quantitative estimate of drug-likeness (QED) is 0.156. The van der Waals surface area contributed by atoms with E-state index in [0.717, 1.165) is 0 Å². The van der Waals surface area contributed by atoms with E-state index in [9.17, 15) is 4.79 Å². The second-order valence-corrected chi connectivity index (χ2v) is 1.35. The Labute approximate surface area is 56.7 Å². The van der Waals surface area contributed by atoms with Crippen molar-refractivity contribution in [3.8, 4) is 6.07 Å². The van der Waals surface area contributed by atoms with Gasteiger partial charge in [0.1, 0.15) is 11.9 Å². The standard InChI is InChI=1S/C4H6N4O2/c5-1-2(4(9)10)3(6)8-7/h8H,6-7H2,(H,9,10)/b3-2-. The fourth-order valence-corrected chi connectivity index (χ4v) is 0.295. The average molecular weight is 142 g/mol. The molecule has 0 radical (unpaired) electrons. The molecule has 6 nitrogen and oxygen atoms in total. The summed E-state index contributed by atoms with van der Waals surface area (Å²) >= 11 is 0. The number of carboxylic acid groups (broad SMARTS) is 1. The fraction of sp³-hybridized carbons (Fsp3) is 0. The molecule has 6 heteroatoms. The molecule has 0 bridgehead atoms. The Morgan fingerprint density at radius 1 is 1.70 bits per heavy atom. The van der Waals surface area contributed by atoms with E-state index in [-0.39, 0.29) is 5.82 Å². The Bertz CT molecular complexity index is 214. The monoisotopic (exact) mass is 142 g/mol. The van der Waals surface area contributed by atoms with Crippen LogP contribution in [0.2, 0.25) is 0 Å². The molecular weight excluding hydrogens is 136 g/mol. The van der Waals surface area contributed by atoms with E-state index >= 15 is 0 Å². The highest BCUT2D eigenvalue weighted by molar-refractivity contribution is 5.91. The minimum absolute atomic E-state index is 0.352. The van der Waals surface area contributed by atoms with E-state index in [1.54, 1.807) is 0 Å². The van der Waals surface area contributed by atoms with Crippen LogP contribution in [-0.2, 0) is 4.79 Å². The first kappa shape index (κ1) is 8.26. The Hall–Kier alpha value is -1.74. The zero-order valence-corrected chi connectivity index (χ0v) is 4.96. The molecule has 0 saturated carbocycles. The van der Waals surface area contributed by atoms with E-state index in [2.05, 4.69) is 0 Å². The van der Waals surface area contributed by atoms with Gasteiger partial charge in [-0.2, -0.15) is 5.26 Å². The van der Waals surface area contributed by atoms with Crippen LogP contribution in [0.25, 0.3) is 0 Å². The summed E-state index contributed by atoms with van der Waals surface area (Å²) in [6, 6.07) is 1.36. The summed E-state index contributed by atoms with van der Waals surface area (Å²) in [6.07, 6.45) is 0. The molecule has 0 aromatic rings. The summed E-state index contributed by atoms with van der Waals surface area (Å²) in [5, 5.41) is 16.4. The summed E-state index contributed by atoms with van der Waals surface area (Å²) in [5.41, 5.74) is 6.23. The van der Waals surface area contributed by atoms with Crippen molar-refractivity contribution in [3.05, 3.63) is 11.4 Å². The summed E-state index contributed by atoms with van der Waals surface area (Å²) in [6.45, 7) is 0. The third-order valence-corrected chi connectivity index (χ3v) is 0.751. The lowest BCUT2D eigenvalue weighted by Crippen LogP contribution is -2.29. The highest BCUT2D eigenvalue weighted by Crippen LogP contribution is 1.92. The first-order valence-corrected chi connectivity index (χ1v) is 2.23. The number of nitrogens with one attached hydrogen (secondary N) is 1. The third-order valence-electron chi connectivity index (χ3n) is 0.751. The second-order valence-electron chi connectivity index (χ2n) is 1.35. The molecule has 0 unspecified atom stereocenters. The molecular formula is C4H6N4O2. The van der Waals surface area contributed by atoms with Crippen LogP contribution in [-0.4, -0.2) is 11.1 Å². The summed E-state index contributed by atoms with van der Waals surface area (Å²) in [7, 11) is 0. The topological polar surface area (TPSA) is 125 Å². The van der Waals surface area contributed by atoms with Gasteiger partial charge < -0.3 is 16.3 Å². The van der Waals surface area contributed by atoms with Crippen LogP contribution in [0.4, 0.5) is 0 Å². The maximum Gasteiger partial charge on any atom is 0.350 e. The van der Waals surface area contributed by atoms with Gasteiger partial charge in [0, 0.05) is 0 Å². The van der Waals surface area contributed by atoms with Crippen molar-refractivity contribution >= 4 is 5.97 Å². The third kappa shape index (κ3) is 1.65. The molecule has 0 fully saturated rings. The second kappa shape index (κ2) is 3.32.